The molecule has 0 bridgehead atoms. The second-order valence-corrected chi connectivity index (χ2v) is 10.0. The summed E-state index contributed by atoms with van der Waals surface area (Å²) < 4.78 is 69.2. The molecule has 0 spiro atoms. The van der Waals surface area contributed by atoms with Crippen molar-refractivity contribution >= 4 is 40.3 Å². The third-order valence-corrected chi connectivity index (χ3v) is 7.24. The highest BCUT2D eigenvalue weighted by Gasteiger charge is 2.31. The number of nitrogens with one attached hydrogen (secondary N) is 2. The van der Waals surface area contributed by atoms with Crippen molar-refractivity contribution in [2.75, 3.05) is 41.3 Å². The molecule has 5 rings (SSSR count). The van der Waals surface area contributed by atoms with Crippen LogP contribution in [0.2, 0.25) is 0 Å². The number of halogens is 5. The Balaban J connectivity index is 1.20. The third-order valence-electron chi connectivity index (χ3n) is 7.04. The summed E-state index contributed by atoms with van der Waals surface area (Å²) in [7, 11) is 0. The second-order valence-electron chi connectivity index (χ2n) is 9.64. The highest BCUT2D eigenvalue weighted by atomic mass is 32.1. The minimum absolute atomic E-state index is 0.0540. The fourth-order valence-corrected chi connectivity index (χ4v) is 5.17. The average molecular weight is 597 g/mol. The van der Waals surface area contributed by atoms with Crippen LogP contribution in [0.1, 0.15) is 17.0 Å². The number of rotatable bonds is 6. The van der Waals surface area contributed by atoms with E-state index in [1.807, 2.05) is 65.6 Å². The molecule has 1 saturated heterocycles. The quantitative estimate of drug-likeness (QED) is 0.118. The number of benzene rings is 4. The lowest BCUT2D eigenvalue weighted by Gasteiger charge is -2.37. The summed E-state index contributed by atoms with van der Waals surface area (Å²) in [6, 6.07) is 25.9. The van der Waals surface area contributed by atoms with Crippen molar-refractivity contribution in [3.05, 3.63) is 125 Å². The molecule has 0 unspecified atom stereocenters. The van der Waals surface area contributed by atoms with Crippen LogP contribution in [0, 0.1) is 29.1 Å². The van der Waals surface area contributed by atoms with Crippen molar-refractivity contribution in [2.24, 2.45) is 0 Å². The zero-order valence-electron chi connectivity index (χ0n) is 22.1. The van der Waals surface area contributed by atoms with Gasteiger partial charge >= 0.3 is 0 Å². The predicted octanol–water partition coefficient (Wildman–Crippen LogP) is 6.35. The summed E-state index contributed by atoms with van der Waals surface area (Å²) >= 11 is 5.40. The molecule has 1 fully saturated rings. The largest absolute Gasteiger partial charge is 0.368 e. The summed E-state index contributed by atoms with van der Waals surface area (Å²) in [6.07, 6.45) is 0. The SMILES string of the molecule is O=C(NC(=S)Nc1ccc(N2CCN(c3c(F)c(F)c(F)c(F)c3F)CC2)cc1)C(c1ccccc1)c1ccccc1. The lowest BCUT2D eigenvalue weighted by molar-refractivity contribution is -0.120. The van der Waals surface area contributed by atoms with Gasteiger partial charge in [0.1, 0.15) is 5.69 Å². The number of hydrogen-bond donors (Lipinski definition) is 2. The maximum absolute atomic E-state index is 14.2. The summed E-state index contributed by atoms with van der Waals surface area (Å²) in [5, 5.41) is 5.90. The van der Waals surface area contributed by atoms with Crippen LogP contribution in [0.3, 0.4) is 0 Å². The van der Waals surface area contributed by atoms with Crippen LogP contribution in [0.5, 0.6) is 0 Å². The number of carbonyl (C=O) groups is 1. The molecule has 4 aromatic carbocycles. The van der Waals surface area contributed by atoms with Gasteiger partial charge in [0.05, 0.1) is 5.92 Å². The molecule has 1 aliphatic rings. The van der Waals surface area contributed by atoms with Crippen LogP contribution in [-0.2, 0) is 4.79 Å². The Hall–Kier alpha value is -4.51. The first kappa shape index (κ1) is 29.0. The van der Waals surface area contributed by atoms with Crippen LogP contribution in [0.15, 0.2) is 84.9 Å². The summed E-state index contributed by atoms with van der Waals surface area (Å²) in [5.41, 5.74) is 2.16. The van der Waals surface area contributed by atoms with Crippen LogP contribution in [0.4, 0.5) is 39.0 Å². The Labute approximate surface area is 244 Å². The molecular weight excluding hydrogens is 571 g/mol. The van der Waals surface area contributed by atoms with Gasteiger partial charge in [0.2, 0.25) is 11.7 Å². The molecule has 11 heteroatoms. The molecule has 1 amide bonds. The lowest BCUT2D eigenvalue weighted by atomic mass is 9.90. The van der Waals surface area contributed by atoms with Gasteiger partial charge < -0.3 is 20.4 Å². The molecule has 1 heterocycles. The fourth-order valence-electron chi connectivity index (χ4n) is 4.95. The Bertz CT molecular complexity index is 1510. The van der Waals surface area contributed by atoms with E-state index in [4.69, 9.17) is 12.2 Å². The van der Waals surface area contributed by atoms with Gasteiger partial charge in [-0.15, -0.1) is 0 Å². The normalized spacial score (nSPS) is 13.3. The first-order chi connectivity index (χ1) is 20.2. The minimum Gasteiger partial charge on any atom is -0.368 e. The smallest absolute Gasteiger partial charge is 0.238 e. The van der Waals surface area contributed by atoms with E-state index in [-0.39, 0.29) is 24.1 Å². The van der Waals surface area contributed by atoms with E-state index >= 15 is 0 Å². The average Bonchev–Trinajstić information content (AvgIpc) is 3.01. The molecule has 5 nitrogen and oxygen atoms in total. The zero-order chi connectivity index (χ0) is 29.8. The topological polar surface area (TPSA) is 47.6 Å². The maximum Gasteiger partial charge on any atom is 0.238 e. The van der Waals surface area contributed by atoms with Gasteiger partial charge in [-0.2, -0.15) is 0 Å². The van der Waals surface area contributed by atoms with Crippen LogP contribution in [0.25, 0.3) is 0 Å². The number of thiocarbonyl (C=S) groups is 1. The number of piperazine rings is 1. The number of anilines is 3. The van der Waals surface area contributed by atoms with Gasteiger partial charge in [-0.3, -0.25) is 4.79 Å². The Morgan fingerprint density at radius 1 is 0.643 bits per heavy atom. The highest BCUT2D eigenvalue weighted by Crippen LogP contribution is 2.32. The first-order valence-electron chi connectivity index (χ1n) is 13.1. The molecule has 0 atom stereocenters. The number of nitrogens with zero attached hydrogens (tertiary/aromatic N) is 2. The van der Waals surface area contributed by atoms with Crippen LogP contribution in [-0.4, -0.2) is 37.2 Å². The molecule has 4 aromatic rings. The number of amides is 1. The molecule has 0 radical (unpaired) electrons. The molecule has 0 aliphatic carbocycles. The van der Waals surface area contributed by atoms with Gasteiger partial charge in [-0.1, -0.05) is 60.7 Å². The Kier molecular flexibility index (Phi) is 8.67. The van der Waals surface area contributed by atoms with Crippen molar-refractivity contribution in [1.29, 1.82) is 0 Å². The molecule has 216 valence electrons. The van der Waals surface area contributed by atoms with E-state index in [2.05, 4.69) is 10.6 Å². The fraction of sp³-hybridized carbons (Fsp3) is 0.161. The molecule has 0 saturated carbocycles. The van der Waals surface area contributed by atoms with Gasteiger partial charge in [-0.05, 0) is 47.6 Å². The highest BCUT2D eigenvalue weighted by molar-refractivity contribution is 7.80. The standard InChI is InChI=1S/C31H25F5N4OS/c32-24-25(33)27(35)29(28(36)26(24)34)40-17-15-39(16-18-40)22-13-11-21(12-14-22)37-31(42)38-30(41)23(19-7-3-1-4-8-19)20-9-5-2-6-10-20/h1-14,23H,15-18H2,(H2,37,38,41,42). The van der Waals surface area contributed by atoms with Gasteiger partial charge in [0.15, 0.2) is 28.4 Å². The predicted molar refractivity (Wildman–Crippen MR) is 156 cm³/mol. The number of hydrogen-bond acceptors (Lipinski definition) is 4. The van der Waals surface area contributed by atoms with Crippen molar-refractivity contribution < 1.29 is 26.7 Å². The van der Waals surface area contributed by atoms with Gasteiger partial charge in [-0.25, -0.2) is 22.0 Å². The van der Waals surface area contributed by atoms with E-state index < -0.39 is 40.7 Å². The van der Waals surface area contributed by atoms with Crippen molar-refractivity contribution in [2.45, 2.75) is 5.92 Å². The maximum atomic E-state index is 14.2. The summed E-state index contributed by atoms with van der Waals surface area (Å²) in [4.78, 5) is 16.4. The van der Waals surface area contributed by atoms with Gasteiger partial charge in [0.25, 0.3) is 0 Å². The molecule has 2 N–H and O–H groups in total. The van der Waals surface area contributed by atoms with E-state index in [1.54, 1.807) is 24.3 Å². The van der Waals surface area contributed by atoms with Crippen LogP contribution < -0.4 is 20.4 Å². The van der Waals surface area contributed by atoms with Crippen molar-refractivity contribution in [3.63, 3.8) is 0 Å². The Morgan fingerprint density at radius 2 is 1.10 bits per heavy atom. The molecule has 0 aromatic heterocycles. The van der Waals surface area contributed by atoms with Gasteiger partial charge in [0, 0.05) is 37.6 Å². The van der Waals surface area contributed by atoms with E-state index in [9.17, 15) is 26.7 Å². The van der Waals surface area contributed by atoms with E-state index in [1.165, 1.54) is 0 Å². The van der Waals surface area contributed by atoms with E-state index in [0.717, 1.165) is 21.7 Å². The lowest BCUT2D eigenvalue weighted by Crippen LogP contribution is -2.47. The number of carbonyl (C=O) groups excluding carboxylic acids is 1. The second kappa shape index (κ2) is 12.6. The Morgan fingerprint density at radius 3 is 1.60 bits per heavy atom. The van der Waals surface area contributed by atoms with Crippen molar-refractivity contribution in [3.8, 4) is 0 Å². The zero-order valence-corrected chi connectivity index (χ0v) is 22.9. The van der Waals surface area contributed by atoms with E-state index in [0.29, 0.717) is 18.8 Å². The summed E-state index contributed by atoms with van der Waals surface area (Å²) in [6.45, 7) is 0.694. The molecule has 1 aliphatic heterocycles. The summed E-state index contributed by atoms with van der Waals surface area (Å²) in [5.74, 6) is -10.6. The minimum atomic E-state index is -2.17. The molecule has 42 heavy (non-hydrogen) atoms. The first-order valence-corrected chi connectivity index (χ1v) is 13.5. The third kappa shape index (κ3) is 6.06. The molecular formula is C31H25F5N4OS. The monoisotopic (exact) mass is 596 g/mol. The van der Waals surface area contributed by atoms with Crippen LogP contribution >= 0.6 is 12.2 Å². The van der Waals surface area contributed by atoms with Crippen molar-refractivity contribution in [1.82, 2.24) is 5.32 Å².